The zero-order chi connectivity index (χ0) is 25.1. The van der Waals surface area contributed by atoms with Crippen LogP contribution in [-0.4, -0.2) is 46.1 Å². The van der Waals surface area contributed by atoms with E-state index in [0.29, 0.717) is 6.29 Å². The Morgan fingerprint density at radius 2 is 1.69 bits per heavy atom. The van der Waals surface area contributed by atoms with Crippen LogP contribution in [0.25, 0.3) is 0 Å². The van der Waals surface area contributed by atoms with Gasteiger partial charge in [0.1, 0.15) is 23.4 Å². The maximum atomic E-state index is 13.5. The van der Waals surface area contributed by atoms with Crippen LogP contribution in [0.2, 0.25) is 0 Å². The minimum atomic E-state index is -0.766. The molecular weight excluding hydrogens is 496 g/mol. The lowest BCUT2D eigenvalue weighted by atomic mass is 10.0. The number of carbonyl (C=O) groups is 4. The number of nitrogens with one attached hydrogen (secondary N) is 1. The average Bonchev–Trinajstić information content (AvgIpc) is 3.43. The number of nitrogens with zero attached hydrogens (tertiary/aromatic N) is 1. The zero-order valence-corrected chi connectivity index (χ0v) is 20.7. The van der Waals surface area contributed by atoms with E-state index >= 15 is 0 Å². The normalized spacial score (nSPS) is 18.9. The van der Waals surface area contributed by atoms with Crippen molar-refractivity contribution in [2.45, 2.75) is 23.9 Å². The van der Waals surface area contributed by atoms with Crippen molar-refractivity contribution in [1.29, 1.82) is 0 Å². The SMILES string of the molecule is O=CC1=C(C(=O)OC(c2ccccc2)c2ccccc2)N2C(=O)[C@@H](NC(=O)Cc3cccs3)[C@H]2SC1. The molecule has 2 aliphatic rings. The van der Waals surface area contributed by atoms with Crippen molar-refractivity contribution in [3.05, 3.63) is 105 Å². The van der Waals surface area contributed by atoms with Crippen LogP contribution in [0.5, 0.6) is 0 Å². The molecule has 1 N–H and O–H groups in total. The first kappa shape index (κ1) is 24.0. The number of aldehydes is 1. The molecular formula is C27H22N2O5S2. The van der Waals surface area contributed by atoms with E-state index in [9.17, 15) is 19.2 Å². The zero-order valence-electron chi connectivity index (χ0n) is 19.0. The number of thioether (sulfide) groups is 1. The van der Waals surface area contributed by atoms with Crippen molar-refractivity contribution in [2.75, 3.05) is 5.75 Å². The minimum absolute atomic E-state index is 0.0561. The number of hydrogen-bond acceptors (Lipinski definition) is 7. The van der Waals surface area contributed by atoms with Gasteiger partial charge in [-0.25, -0.2) is 4.79 Å². The Bertz CT molecular complexity index is 1270. The summed E-state index contributed by atoms with van der Waals surface area (Å²) in [6, 6.07) is 21.5. The highest BCUT2D eigenvalue weighted by Gasteiger charge is 2.54. The maximum absolute atomic E-state index is 13.5. The molecule has 2 atom stereocenters. The summed E-state index contributed by atoms with van der Waals surface area (Å²) in [4.78, 5) is 53.0. The Kier molecular flexibility index (Phi) is 7.02. The molecule has 1 aromatic heterocycles. The first-order valence-electron chi connectivity index (χ1n) is 11.3. The Hall–Kier alpha value is -3.69. The lowest BCUT2D eigenvalue weighted by Crippen LogP contribution is -2.70. The number of carbonyl (C=O) groups excluding carboxylic acids is 4. The molecule has 7 nitrogen and oxygen atoms in total. The highest BCUT2D eigenvalue weighted by molar-refractivity contribution is 8.00. The highest BCUT2D eigenvalue weighted by atomic mass is 32.2. The van der Waals surface area contributed by atoms with Crippen molar-refractivity contribution < 1.29 is 23.9 Å². The smallest absolute Gasteiger partial charge is 0.356 e. The van der Waals surface area contributed by atoms with E-state index in [-0.39, 0.29) is 29.4 Å². The average molecular weight is 519 g/mol. The summed E-state index contributed by atoms with van der Waals surface area (Å²) in [6.45, 7) is 0. The van der Waals surface area contributed by atoms with E-state index < -0.39 is 29.4 Å². The highest BCUT2D eigenvalue weighted by Crippen LogP contribution is 2.41. The number of esters is 1. The van der Waals surface area contributed by atoms with Crippen LogP contribution >= 0.6 is 23.1 Å². The molecule has 9 heteroatoms. The fourth-order valence-corrected chi connectivity index (χ4v) is 6.26. The van der Waals surface area contributed by atoms with Crippen LogP contribution in [0, 0.1) is 0 Å². The van der Waals surface area contributed by atoms with E-state index in [1.807, 2.05) is 78.2 Å². The molecule has 0 radical (unpaired) electrons. The molecule has 3 aromatic rings. The van der Waals surface area contributed by atoms with Crippen LogP contribution in [0.4, 0.5) is 0 Å². The van der Waals surface area contributed by atoms with Gasteiger partial charge >= 0.3 is 5.97 Å². The van der Waals surface area contributed by atoms with Gasteiger partial charge in [0.15, 0.2) is 6.10 Å². The van der Waals surface area contributed by atoms with Gasteiger partial charge < -0.3 is 10.1 Å². The van der Waals surface area contributed by atoms with Crippen LogP contribution < -0.4 is 5.32 Å². The molecule has 2 aliphatic heterocycles. The van der Waals surface area contributed by atoms with E-state index in [2.05, 4.69) is 5.32 Å². The summed E-state index contributed by atoms with van der Waals surface area (Å²) in [5, 5.41) is 4.18. The number of hydrogen-bond donors (Lipinski definition) is 1. The maximum Gasteiger partial charge on any atom is 0.356 e. The monoisotopic (exact) mass is 518 g/mol. The molecule has 2 aromatic carbocycles. The lowest BCUT2D eigenvalue weighted by Gasteiger charge is -2.49. The fourth-order valence-electron chi connectivity index (χ4n) is 4.27. The topological polar surface area (TPSA) is 92.8 Å². The summed E-state index contributed by atoms with van der Waals surface area (Å²) in [6.07, 6.45) is 0.0560. The second kappa shape index (κ2) is 10.5. The third kappa shape index (κ3) is 4.72. The summed E-state index contributed by atoms with van der Waals surface area (Å²) in [7, 11) is 0. The third-order valence-electron chi connectivity index (χ3n) is 5.99. The summed E-state index contributed by atoms with van der Waals surface area (Å²) in [5.41, 5.74) is 1.67. The van der Waals surface area contributed by atoms with E-state index in [1.54, 1.807) is 0 Å². The van der Waals surface area contributed by atoms with Gasteiger partial charge in [-0.3, -0.25) is 19.3 Å². The molecule has 5 rings (SSSR count). The van der Waals surface area contributed by atoms with E-state index in [1.165, 1.54) is 28.0 Å². The van der Waals surface area contributed by atoms with Gasteiger partial charge in [-0.2, -0.15) is 0 Å². The van der Waals surface area contributed by atoms with Crippen molar-refractivity contribution in [3.63, 3.8) is 0 Å². The Balaban J connectivity index is 1.36. The van der Waals surface area contributed by atoms with Gasteiger partial charge in [0.05, 0.1) is 6.42 Å². The van der Waals surface area contributed by atoms with Crippen LogP contribution in [0.15, 0.2) is 89.4 Å². The third-order valence-corrected chi connectivity index (χ3v) is 8.17. The van der Waals surface area contributed by atoms with Gasteiger partial charge in [0, 0.05) is 16.2 Å². The van der Waals surface area contributed by atoms with E-state index in [4.69, 9.17) is 4.74 Å². The molecule has 1 saturated heterocycles. The Labute approximate surface area is 216 Å². The molecule has 0 spiro atoms. The van der Waals surface area contributed by atoms with Crippen molar-refractivity contribution >= 4 is 47.2 Å². The number of rotatable bonds is 8. The molecule has 36 heavy (non-hydrogen) atoms. The first-order chi connectivity index (χ1) is 17.6. The molecule has 0 unspecified atom stereocenters. The van der Waals surface area contributed by atoms with Gasteiger partial charge in [0.2, 0.25) is 5.91 Å². The minimum Gasteiger partial charge on any atom is -0.448 e. The largest absolute Gasteiger partial charge is 0.448 e. The summed E-state index contributed by atoms with van der Waals surface area (Å²) < 4.78 is 5.94. The Morgan fingerprint density at radius 3 is 2.28 bits per heavy atom. The summed E-state index contributed by atoms with van der Waals surface area (Å²) >= 11 is 2.80. The van der Waals surface area contributed by atoms with Gasteiger partial charge in [-0.05, 0) is 22.6 Å². The number of ether oxygens (including phenoxy) is 1. The Morgan fingerprint density at radius 1 is 1.03 bits per heavy atom. The van der Waals surface area contributed by atoms with Crippen molar-refractivity contribution in [2.24, 2.45) is 0 Å². The number of benzene rings is 2. The second-order valence-electron chi connectivity index (χ2n) is 8.31. The predicted octanol–water partition coefficient (Wildman–Crippen LogP) is 3.48. The fraction of sp³-hybridized carbons (Fsp3) is 0.185. The quantitative estimate of drug-likeness (QED) is 0.279. The number of thiophene rings is 1. The predicted molar refractivity (Wildman–Crippen MR) is 137 cm³/mol. The van der Waals surface area contributed by atoms with Crippen molar-refractivity contribution in [1.82, 2.24) is 10.2 Å². The first-order valence-corrected chi connectivity index (χ1v) is 13.3. The standard InChI is InChI=1S/C27H22N2O5S2/c30-15-19-16-36-26-22(28-21(31)14-20-12-7-13-35-20)25(32)29(26)23(19)27(33)34-24(17-8-3-1-4-9-17)18-10-5-2-6-11-18/h1-13,15,22,24,26H,14,16H2,(H,28,31)/t22-,26-/m1/s1. The van der Waals surface area contributed by atoms with Gasteiger partial charge in [-0.1, -0.05) is 66.7 Å². The number of fused-ring (bicyclic) bond motifs is 1. The molecule has 3 heterocycles. The molecule has 182 valence electrons. The van der Waals surface area contributed by atoms with Gasteiger partial charge in [-0.15, -0.1) is 23.1 Å². The second-order valence-corrected chi connectivity index (χ2v) is 10.4. The van der Waals surface area contributed by atoms with E-state index in [0.717, 1.165) is 16.0 Å². The molecule has 2 amide bonds. The molecule has 1 fully saturated rings. The molecule has 0 saturated carbocycles. The number of β-lactam (4-membered cyclic amide) rings is 1. The lowest BCUT2D eigenvalue weighted by molar-refractivity contribution is -0.154. The molecule has 0 bridgehead atoms. The molecule has 0 aliphatic carbocycles. The van der Waals surface area contributed by atoms with Gasteiger partial charge in [0.25, 0.3) is 5.91 Å². The number of amides is 2. The van der Waals surface area contributed by atoms with Crippen LogP contribution in [-0.2, 0) is 30.3 Å². The van der Waals surface area contributed by atoms with Crippen LogP contribution in [0.1, 0.15) is 22.1 Å². The van der Waals surface area contributed by atoms with Crippen LogP contribution in [0.3, 0.4) is 0 Å². The van der Waals surface area contributed by atoms with Crippen molar-refractivity contribution in [3.8, 4) is 0 Å². The summed E-state index contributed by atoms with van der Waals surface area (Å²) in [5.74, 6) is -1.22.